The highest BCUT2D eigenvalue weighted by Crippen LogP contribution is 2.29. The van der Waals surface area contributed by atoms with Gasteiger partial charge < -0.3 is 15.0 Å². The van der Waals surface area contributed by atoms with Gasteiger partial charge in [0.15, 0.2) is 0 Å². The van der Waals surface area contributed by atoms with Crippen molar-refractivity contribution in [2.45, 2.75) is 31.8 Å². The Labute approximate surface area is 165 Å². The van der Waals surface area contributed by atoms with E-state index >= 15 is 0 Å². The number of rotatable bonds is 5. The van der Waals surface area contributed by atoms with Crippen LogP contribution in [-0.2, 0) is 4.74 Å². The molecule has 1 N–H and O–H groups in total. The Morgan fingerprint density at radius 3 is 2.64 bits per heavy atom. The van der Waals surface area contributed by atoms with Crippen LogP contribution in [0, 0.1) is 6.92 Å². The van der Waals surface area contributed by atoms with Crippen LogP contribution >= 0.6 is 0 Å². The molecule has 0 unspecified atom stereocenters. The monoisotopic (exact) mass is 384 g/mol. The van der Waals surface area contributed by atoms with Gasteiger partial charge in [0.05, 0.1) is 42.0 Å². The molecule has 0 bridgehead atoms. The van der Waals surface area contributed by atoms with E-state index in [9.17, 15) is 4.79 Å². The van der Waals surface area contributed by atoms with Crippen LogP contribution in [0.2, 0.25) is 0 Å². The predicted molar refractivity (Wildman–Crippen MR) is 107 cm³/mol. The molecule has 2 aliphatic heterocycles. The fourth-order valence-corrected chi connectivity index (χ4v) is 4.13. The van der Waals surface area contributed by atoms with Crippen molar-refractivity contribution in [3.8, 4) is 0 Å². The number of likely N-dealkylation sites (N-methyl/N-ethyl adjacent to an activating group) is 1. The van der Waals surface area contributed by atoms with E-state index in [1.165, 1.54) is 20.2 Å². The van der Waals surface area contributed by atoms with Crippen molar-refractivity contribution in [2.24, 2.45) is 0 Å². The molecule has 150 valence electrons. The van der Waals surface area contributed by atoms with Crippen LogP contribution in [0.15, 0.2) is 24.7 Å². The maximum absolute atomic E-state index is 12.0. The molecule has 0 aliphatic carbocycles. The van der Waals surface area contributed by atoms with E-state index < -0.39 is 0 Å². The second kappa shape index (κ2) is 7.89. The number of carbonyl (C=O) groups excluding carboxylic acids is 1. The van der Waals surface area contributed by atoms with Crippen LogP contribution in [0.25, 0.3) is 0 Å². The lowest BCUT2D eigenvalue weighted by Crippen LogP contribution is -2.59. The highest BCUT2D eigenvalue weighted by molar-refractivity contribution is 5.96. The number of esters is 1. The Bertz CT molecular complexity index is 837. The number of likely N-dealkylation sites (tertiary alicyclic amines) is 2. The molecule has 2 saturated heterocycles. The number of aryl methyl sites for hydroxylation is 1. The smallest absolute Gasteiger partial charge is 0.340 e. The number of pyridine rings is 1. The zero-order chi connectivity index (χ0) is 19.7. The molecule has 0 saturated carbocycles. The fourth-order valence-electron chi connectivity index (χ4n) is 4.13. The average molecular weight is 384 g/mol. The molecule has 0 amide bonds. The van der Waals surface area contributed by atoms with Crippen LogP contribution in [0.1, 0.15) is 34.9 Å². The van der Waals surface area contributed by atoms with Gasteiger partial charge in [-0.15, -0.1) is 0 Å². The number of ether oxygens (including phenoxy) is 1. The van der Waals surface area contributed by atoms with Crippen LogP contribution in [0.5, 0.6) is 0 Å². The van der Waals surface area contributed by atoms with Crippen molar-refractivity contribution >= 4 is 17.3 Å². The Morgan fingerprint density at radius 2 is 1.96 bits per heavy atom. The first-order valence-corrected chi connectivity index (χ1v) is 9.83. The highest BCUT2D eigenvalue weighted by atomic mass is 16.5. The summed E-state index contributed by atoms with van der Waals surface area (Å²) in [5.74, 6) is -0.385. The normalized spacial score (nSPS) is 19.4. The molecule has 2 aromatic rings. The second-order valence-electron chi connectivity index (χ2n) is 7.79. The van der Waals surface area contributed by atoms with Gasteiger partial charge in [0.25, 0.3) is 0 Å². The first-order chi connectivity index (χ1) is 13.5. The quantitative estimate of drug-likeness (QED) is 0.791. The Morgan fingerprint density at radius 1 is 1.21 bits per heavy atom. The molecule has 0 spiro atoms. The Hall–Kier alpha value is -2.45. The number of nitrogens with one attached hydrogen (secondary N) is 1. The number of hydrogen-bond acceptors (Lipinski definition) is 7. The number of methoxy groups -OCH3 is 1. The van der Waals surface area contributed by atoms with Crippen LogP contribution in [-0.4, -0.2) is 76.9 Å². The summed E-state index contributed by atoms with van der Waals surface area (Å²) in [6.07, 6.45) is 7.49. The van der Waals surface area contributed by atoms with Crippen molar-refractivity contribution in [3.63, 3.8) is 0 Å². The molecule has 8 heteroatoms. The summed E-state index contributed by atoms with van der Waals surface area (Å²) < 4.78 is 6.94. The number of anilines is 2. The summed E-state index contributed by atoms with van der Waals surface area (Å²) in [7, 11) is 3.56. The molecule has 0 aromatic carbocycles. The number of hydrogen-bond donors (Lipinski definition) is 1. The zero-order valence-corrected chi connectivity index (χ0v) is 16.8. The number of aromatic nitrogens is 3. The maximum Gasteiger partial charge on any atom is 0.340 e. The molecule has 2 aliphatic rings. The lowest BCUT2D eigenvalue weighted by Gasteiger charge is -2.46. The van der Waals surface area contributed by atoms with Crippen LogP contribution < -0.4 is 5.32 Å². The third-order valence-corrected chi connectivity index (χ3v) is 5.85. The van der Waals surface area contributed by atoms with E-state index in [4.69, 9.17) is 9.84 Å². The van der Waals surface area contributed by atoms with E-state index in [-0.39, 0.29) is 5.97 Å². The van der Waals surface area contributed by atoms with Gasteiger partial charge in [-0.1, -0.05) is 0 Å². The predicted octanol–water partition coefficient (Wildman–Crippen LogP) is 2.07. The molecule has 0 atom stereocenters. The average Bonchev–Trinajstić information content (AvgIpc) is 3.06. The van der Waals surface area contributed by atoms with Gasteiger partial charge in [-0.3, -0.25) is 14.6 Å². The zero-order valence-electron chi connectivity index (χ0n) is 16.8. The maximum atomic E-state index is 12.0. The van der Waals surface area contributed by atoms with Gasteiger partial charge in [0.1, 0.15) is 0 Å². The summed E-state index contributed by atoms with van der Waals surface area (Å²) >= 11 is 0. The molecule has 8 nitrogen and oxygen atoms in total. The lowest BCUT2D eigenvalue weighted by molar-refractivity contribution is 0.0295. The molecule has 2 aromatic heterocycles. The van der Waals surface area contributed by atoms with E-state index in [0.29, 0.717) is 17.3 Å². The first kappa shape index (κ1) is 18.9. The van der Waals surface area contributed by atoms with E-state index in [1.54, 1.807) is 18.5 Å². The molecule has 4 heterocycles. The summed E-state index contributed by atoms with van der Waals surface area (Å²) in [4.78, 5) is 21.1. The standard InChI is InChI=1S/C20H28N6O2/c1-14-19(22-18-10-21-7-4-17(18)20(27)28-3)13-26(23-14)15-5-8-25(9-6-15)16-11-24(2)12-16/h4,7,10,13,15-16,22H,5-6,8-9,11-12H2,1-3H3. The van der Waals surface area contributed by atoms with Gasteiger partial charge in [0, 0.05) is 44.6 Å². The van der Waals surface area contributed by atoms with E-state index in [0.717, 1.165) is 43.4 Å². The lowest BCUT2D eigenvalue weighted by atomic mass is 10.0. The number of piperidine rings is 1. The second-order valence-corrected chi connectivity index (χ2v) is 7.79. The van der Waals surface area contributed by atoms with Crippen molar-refractivity contribution < 1.29 is 9.53 Å². The number of nitrogens with zero attached hydrogens (tertiary/aromatic N) is 5. The summed E-state index contributed by atoms with van der Waals surface area (Å²) in [6, 6.07) is 2.80. The summed E-state index contributed by atoms with van der Waals surface area (Å²) in [5.41, 5.74) is 2.88. The number of carbonyl (C=O) groups is 1. The SMILES string of the molecule is COC(=O)c1ccncc1Nc1cn(C2CCN(C3CN(C)C3)CC2)nc1C. The minimum Gasteiger partial charge on any atom is -0.465 e. The molecule has 28 heavy (non-hydrogen) atoms. The minimum atomic E-state index is -0.385. The molecule has 4 rings (SSSR count). The fraction of sp³-hybridized carbons (Fsp3) is 0.550. The van der Waals surface area contributed by atoms with Gasteiger partial charge in [-0.2, -0.15) is 5.10 Å². The highest BCUT2D eigenvalue weighted by Gasteiger charge is 2.32. The van der Waals surface area contributed by atoms with E-state index in [2.05, 4.69) is 31.8 Å². The Kier molecular flexibility index (Phi) is 5.32. The third-order valence-electron chi connectivity index (χ3n) is 5.85. The molecule has 2 fully saturated rings. The Balaban J connectivity index is 1.43. The minimum absolute atomic E-state index is 0.385. The largest absolute Gasteiger partial charge is 0.465 e. The van der Waals surface area contributed by atoms with Crippen molar-refractivity contribution in [2.75, 3.05) is 45.7 Å². The molecular formula is C20H28N6O2. The summed E-state index contributed by atoms with van der Waals surface area (Å²) in [6.45, 7) is 6.60. The topological polar surface area (TPSA) is 75.5 Å². The van der Waals surface area contributed by atoms with Gasteiger partial charge in [0.2, 0.25) is 0 Å². The summed E-state index contributed by atoms with van der Waals surface area (Å²) in [5, 5.41) is 8.04. The molecular weight excluding hydrogens is 356 g/mol. The van der Waals surface area contributed by atoms with Crippen LogP contribution in [0.3, 0.4) is 0 Å². The van der Waals surface area contributed by atoms with Gasteiger partial charge >= 0.3 is 5.97 Å². The van der Waals surface area contributed by atoms with Crippen molar-refractivity contribution in [1.29, 1.82) is 0 Å². The van der Waals surface area contributed by atoms with Crippen LogP contribution in [0.4, 0.5) is 11.4 Å². The third kappa shape index (κ3) is 3.74. The van der Waals surface area contributed by atoms with E-state index in [1.807, 2.05) is 13.1 Å². The first-order valence-electron chi connectivity index (χ1n) is 9.83. The van der Waals surface area contributed by atoms with Crippen molar-refractivity contribution in [1.82, 2.24) is 24.6 Å². The van der Waals surface area contributed by atoms with Crippen molar-refractivity contribution in [3.05, 3.63) is 35.9 Å². The van der Waals surface area contributed by atoms with Gasteiger partial charge in [-0.25, -0.2) is 4.79 Å². The van der Waals surface area contributed by atoms with Gasteiger partial charge in [-0.05, 0) is 32.9 Å². The molecule has 0 radical (unpaired) electrons.